The average Bonchev–Trinajstić information content (AvgIpc) is 2.06. The van der Waals surface area contributed by atoms with Gasteiger partial charge in [0.15, 0.2) is 0 Å². The Morgan fingerprint density at radius 3 is 1.93 bits per heavy atom. The van der Waals surface area contributed by atoms with E-state index in [1.807, 2.05) is 34.6 Å². The molecular formula is C13H18O2. The van der Waals surface area contributed by atoms with Crippen LogP contribution in [0, 0.1) is 11.3 Å². The molecule has 2 nitrogen and oxygen atoms in total. The molecule has 0 radical (unpaired) electrons. The van der Waals surface area contributed by atoms with Crippen molar-refractivity contribution in [1.82, 2.24) is 0 Å². The van der Waals surface area contributed by atoms with Gasteiger partial charge in [0.2, 0.25) is 11.6 Å². The van der Waals surface area contributed by atoms with Crippen molar-refractivity contribution in [3.63, 3.8) is 0 Å². The van der Waals surface area contributed by atoms with E-state index in [1.165, 1.54) is 0 Å². The molecular weight excluding hydrogens is 188 g/mol. The van der Waals surface area contributed by atoms with Crippen LogP contribution >= 0.6 is 0 Å². The largest absolute Gasteiger partial charge is 0.285 e. The molecule has 0 aromatic carbocycles. The minimum atomic E-state index is -0.339. The molecule has 1 aliphatic rings. The zero-order chi connectivity index (χ0) is 11.8. The van der Waals surface area contributed by atoms with Gasteiger partial charge in [-0.2, -0.15) is 0 Å². The first-order valence-corrected chi connectivity index (χ1v) is 5.26. The van der Waals surface area contributed by atoms with Gasteiger partial charge in [0.25, 0.3) is 0 Å². The molecule has 0 bridgehead atoms. The van der Waals surface area contributed by atoms with Gasteiger partial charge in [-0.05, 0) is 11.3 Å². The lowest BCUT2D eigenvalue weighted by atomic mass is 9.77. The molecule has 82 valence electrons. The maximum Gasteiger partial charge on any atom is 0.229 e. The summed E-state index contributed by atoms with van der Waals surface area (Å²) in [4.78, 5) is 23.6. The highest BCUT2D eigenvalue weighted by Crippen LogP contribution is 2.30. The number of allylic oxidation sites excluding steroid dienone is 4. The molecule has 0 heterocycles. The van der Waals surface area contributed by atoms with Gasteiger partial charge in [0.05, 0.1) is 0 Å². The van der Waals surface area contributed by atoms with Gasteiger partial charge < -0.3 is 0 Å². The Kier molecular flexibility index (Phi) is 2.98. The number of rotatable bonds is 1. The Labute approximate surface area is 91.1 Å². The minimum absolute atomic E-state index is 0.110. The molecule has 1 aliphatic carbocycles. The van der Waals surface area contributed by atoms with Crippen molar-refractivity contribution in [1.29, 1.82) is 0 Å². The van der Waals surface area contributed by atoms with Crippen LogP contribution in [0.5, 0.6) is 0 Å². The summed E-state index contributed by atoms with van der Waals surface area (Å²) in [5.74, 6) is -0.564. The van der Waals surface area contributed by atoms with E-state index in [2.05, 4.69) is 0 Å². The van der Waals surface area contributed by atoms with Crippen LogP contribution in [0.15, 0.2) is 23.3 Å². The first kappa shape index (κ1) is 11.9. The van der Waals surface area contributed by atoms with E-state index in [0.29, 0.717) is 11.1 Å². The van der Waals surface area contributed by atoms with Crippen molar-refractivity contribution in [2.24, 2.45) is 11.3 Å². The van der Waals surface area contributed by atoms with Gasteiger partial charge in [-0.15, -0.1) is 0 Å². The highest BCUT2D eigenvalue weighted by molar-refractivity contribution is 6.50. The van der Waals surface area contributed by atoms with Crippen LogP contribution in [-0.4, -0.2) is 11.6 Å². The topological polar surface area (TPSA) is 34.1 Å². The summed E-state index contributed by atoms with van der Waals surface area (Å²) >= 11 is 0. The van der Waals surface area contributed by atoms with Crippen LogP contribution in [0.25, 0.3) is 0 Å². The van der Waals surface area contributed by atoms with Crippen molar-refractivity contribution in [3.05, 3.63) is 23.3 Å². The molecule has 0 aromatic rings. The number of Topliss-reactive ketones (excluding diaryl/α,β-unsaturated/α-hetero) is 2. The number of carbonyl (C=O) groups excluding carboxylic acids is 2. The van der Waals surface area contributed by atoms with Crippen molar-refractivity contribution >= 4 is 11.6 Å². The Hall–Kier alpha value is -1.18. The predicted molar refractivity (Wildman–Crippen MR) is 60.5 cm³/mol. The van der Waals surface area contributed by atoms with Gasteiger partial charge in [0, 0.05) is 11.1 Å². The SMILES string of the molecule is CC(C)C1=CC=C(C(C)(C)C)C(=O)C1=O. The summed E-state index contributed by atoms with van der Waals surface area (Å²) in [7, 11) is 0. The molecule has 0 saturated heterocycles. The second kappa shape index (κ2) is 3.76. The van der Waals surface area contributed by atoms with Crippen LogP contribution in [0.3, 0.4) is 0 Å². The normalized spacial score (nSPS) is 18.0. The standard InChI is InChI=1S/C13H18O2/c1-8(2)9-6-7-10(13(3,4)5)12(15)11(9)14/h6-8H,1-5H3. The third-order valence-corrected chi connectivity index (χ3v) is 2.57. The molecule has 0 spiro atoms. The lowest BCUT2D eigenvalue weighted by Crippen LogP contribution is -2.29. The van der Waals surface area contributed by atoms with Crippen LogP contribution in [0.2, 0.25) is 0 Å². The lowest BCUT2D eigenvalue weighted by Gasteiger charge is -2.24. The fourth-order valence-electron chi connectivity index (χ4n) is 1.62. The predicted octanol–water partition coefficient (Wildman–Crippen LogP) is 2.69. The number of hydrogen-bond donors (Lipinski definition) is 0. The summed E-state index contributed by atoms with van der Waals surface area (Å²) in [5.41, 5.74) is 0.969. The lowest BCUT2D eigenvalue weighted by molar-refractivity contribution is -0.133. The molecule has 1 rings (SSSR count). The fourth-order valence-corrected chi connectivity index (χ4v) is 1.62. The maximum atomic E-state index is 11.8. The van der Waals surface area contributed by atoms with E-state index in [-0.39, 0.29) is 22.9 Å². The smallest absolute Gasteiger partial charge is 0.229 e. The van der Waals surface area contributed by atoms with E-state index in [1.54, 1.807) is 12.2 Å². The van der Waals surface area contributed by atoms with E-state index in [0.717, 1.165) is 0 Å². The van der Waals surface area contributed by atoms with Gasteiger partial charge in [-0.1, -0.05) is 46.8 Å². The number of hydrogen-bond acceptors (Lipinski definition) is 2. The molecule has 0 N–H and O–H groups in total. The summed E-state index contributed by atoms with van der Waals surface area (Å²) in [6.45, 7) is 9.68. The number of carbonyl (C=O) groups is 2. The molecule has 0 fully saturated rings. The third-order valence-electron chi connectivity index (χ3n) is 2.57. The molecule has 0 atom stereocenters. The monoisotopic (exact) mass is 206 g/mol. The van der Waals surface area contributed by atoms with E-state index >= 15 is 0 Å². The molecule has 15 heavy (non-hydrogen) atoms. The number of ketones is 2. The zero-order valence-corrected chi connectivity index (χ0v) is 10.0. The maximum absolute atomic E-state index is 11.8. The van der Waals surface area contributed by atoms with Crippen LogP contribution in [0.4, 0.5) is 0 Å². The van der Waals surface area contributed by atoms with Crippen molar-refractivity contribution in [2.45, 2.75) is 34.6 Å². The van der Waals surface area contributed by atoms with Crippen LogP contribution in [-0.2, 0) is 9.59 Å². The molecule has 0 aromatic heterocycles. The van der Waals surface area contributed by atoms with E-state index < -0.39 is 0 Å². The molecule has 0 unspecified atom stereocenters. The van der Waals surface area contributed by atoms with Gasteiger partial charge in [0.1, 0.15) is 0 Å². The van der Waals surface area contributed by atoms with Crippen molar-refractivity contribution < 1.29 is 9.59 Å². The first-order chi connectivity index (χ1) is 6.75. The highest BCUT2D eigenvalue weighted by Gasteiger charge is 2.32. The van der Waals surface area contributed by atoms with E-state index in [9.17, 15) is 9.59 Å². The quantitative estimate of drug-likeness (QED) is 0.488. The zero-order valence-electron chi connectivity index (χ0n) is 10.0. The van der Waals surface area contributed by atoms with Gasteiger partial charge in [-0.25, -0.2) is 0 Å². The third kappa shape index (κ3) is 2.25. The summed E-state index contributed by atoms with van der Waals surface area (Å²) in [6, 6.07) is 0. The first-order valence-electron chi connectivity index (χ1n) is 5.26. The fraction of sp³-hybridized carbons (Fsp3) is 0.538. The van der Waals surface area contributed by atoms with Gasteiger partial charge in [-0.3, -0.25) is 9.59 Å². The summed E-state index contributed by atoms with van der Waals surface area (Å²) in [5, 5.41) is 0. The van der Waals surface area contributed by atoms with E-state index in [4.69, 9.17) is 0 Å². The Bertz CT molecular complexity index is 362. The average molecular weight is 206 g/mol. The van der Waals surface area contributed by atoms with Gasteiger partial charge >= 0.3 is 0 Å². The van der Waals surface area contributed by atoms with Crippen LogP contribution < -0.4 is 0 Å². The molecule has 0 amide bonds. The second-order valence-electron chi connectivity index (χ2n) is 5.27. The highest BCUT2D eigenvalue weighted by atomic mass is 16.2. The second-order valence-corrected chi connectivity index (χ2v) is 5.27. The molecule has 0 saturated carbocycles. The van der Waals surface area contributed by atoms with Crippen LogP contribution in [0.1, 0.15) is 34.6 Å². The summed E-state index contributed by atoms with van der Waals surface area (Å²) < 4.78 is 0. The Balaban J connectivity index is 3.17. The van der Waals surface area contributed by atoms with Crippen molar-refractivity contribution in [3.8, 4) is 0 Å². The molecule has 0 aliphatic heterocycles. The Morgan fingerprint density at radius 1 is 1.00 bits per heavy atom. The minimum Gasteiger partial charge on any atom is -0.285 e. The summed E-state index contributed by atoms with van der Waals surface area (Å²) in [6.07, 6.45) is 3.58. The van der Waals surface area contributed by atoms with Crippen molar-refractivity contribution in [2.75, 3.05) is 0 Å². The Morgan fingerprint density at radius 2 is 1.53 bits per heavy atom. The molecule has 2 heteroatoms.